The molecule has 2 aromatic rings. The summed E-state index contributed by atoms with van der Waals surface area (Å²) in [6, 6.07) is 12.0. The van der Waals surface area contributed by atoms with E-state index in [1.807, 2.05) is 36.9 Å². The van der Waals surface area contributed by atoms with Crippen molar-refractivity contribution in [2.24, 2.45) is 5.92 Å². The number of nitrogens with zero attached hydrogens (tertiary/aromatic N) is 1. The van der Waals surface area contributed by atoms with Crippen LogP contribution in [0.5, 0.6) is 11.5 Å². The molecule has 1 aliphatic heterocycles. The largest absolute Gasteiger partial charge is 0.493 e. The molecule has 6 nitrogen and oxygen atoms in total. The van der Waals surface area contributed by atoms with Gasteiger partial charge in [0.05, 0.1) is 20.1 Å². The number of hydrogen-bond donors (Lipinski definition) is 2. The molecule has 0 bridgehead atoms. The molecule has 0 unspecified atom stereocenters. The standard InChI is InChI=1S/C24H30FN3O3S/c1-15(2)27-24(32)28-13-19(18-6-5-7-21(30-3)22(18)31-4)20(14-28)23(29)26-12-16-8-10-17(25)11-9-16/h5-11,15,19-20H,12-14H2,1-4H3,(H,26,29)(H,27,32)/t19-,20+/m1/s1. The maximum atomic E-state index is 13.3. The molecule has 1 aliphatic rings. The van der Waals surface area contributed by atoms with Crippen molar-refractivity contribution in [1.82, 2.24) is 15.5 Å². The highest BCUT2D eigenvalue weighted by Crippen LogP contribution is 2.42. The number of rotatable bonds is 7. The van der Waals surface area contributed by atoms with Crippen molar-refractivity contribution in [3.63, 3.8) is 0 Å². The van der Waals surface area contributed by atoms with E-state index in [2.05, 4.69) is 10.6 Å². The van der Waals surface area contributed by atoms with Crippen LogP contribution in [0, 0.1) is 11.7 Å². The zero-order valence-corrected chi connectivity index (χ0v) is 19.7. The van der Waals surface area contributed by atoms with Gasteiger partial charge in [-0.05, 0) is 49.8 Å². The maximum Gasteiger partial charge on any atom is 0.225 e. The second kappa shape index (κ2) is 10.6. The Hall–Kier alpha value is -2.87. The number of carbonyl (C=O) groups is 1. The van der Waals surface area contributed by atoms with Gasteiger partial charge in [0.25, 0.3) is 0 Å². The molecule has 0 saturated carbocycles. The molecule has 0 spiro atoms. The van der Waals surface area contributed by atoms with Crippen molar-refractivity contribution >= 4 is 23.2 Å². The van der Waals surface area contributed by atoms with Crippen molar-refractivity contribution in [2.45, 2.75) is 32.4 Å². The number of para-hydroxylation sites is 1. The molecule has 2 aromatic carbocycles. The van der Waals surface area contributed by atoms with Crippen LogP contribution >= 0.6 is 12.2 Å². The Balaban J connectivity index is 1.85. The van der Waals surface area contributed by atoms with Crippen LogP contribution in [-0.4, -0.2) is 49.3 Å². The molecule has 3 rings (SSSR count). The molecule has 32 heavy (non-hydrogen) atoms. The fourth-order valence-electron chi connectivity index (χ4n) is 4.02. The molecule has 2 N–H and O–H groups in total. The summed E-state index contributed by atoms with van der Waals surface area (Å²) in [4.78, 5) is 15.3. The SMILES string of the molecule is COc1cccc([C@H]2CN(C(=S)NC(C)C)C[C@@H]2C(=O)NCc2ccc(F)cc2)c1OC. The first-order valence-electron chi connectivity index (χ1n) is 10.6. The summed E-state index contributed by atoms with van der Waals surface area (Å²) in [5, 5.41) is 6.89. The first kappa shape index (κ1) is 23.8. The molecule has 8 heteroatoms. The summed E-state index contributed by atoms with van der Waals surface area (Å²) < 4.78 is 24.3. The third-order valence-electron chi connectivity index (χ3n) is 5.57. The highest BCUT2D eigenvalue weighted by atomic mass is 32.1. The average Bonchev–Trinajstić information content (AvgIpc) is 3.23. The Morgan fingerprint density at radius 1 is 1.16 bits per heavy atom. The summed E-state index contributed by atoms with van der Waals surface area (Å²) >= 11 is 5.59. The van der Waals surface area contributed by atoms with Crippen molar-refractivity contribution in [1.29, 1.82) is 0 Å². The first-order chi connectivity index (χ1) is 15.3. The predicted molar refractivity (Wildman–Crippen MR) is 126 cm³/mol. The quantitative estimate of drug-likeness (QED) is 0.619. The molecule has 0 radical (unpaired) electrons. The van der Waals surface area contributed by atoms with Crippen LogP contribution in [0.2, 0.25) is 0 Å². The number of likely N-dealkylation sites (tertiary alicyclic amines) is 1. The highest BCUT2D eigenvalue weighted by molar-refractivity contribution is 7.80. The van der Waals surface area contributed by atoms with E-state index >= 15 is 0 Å². The molecule has 2 atom stereocenters. The molecular weight excluding hydrogens is 429 g/mol. The molecule has 1 amide bonds. The van der Waals surface area contributed by atoms with Crippen LogP contribution in [0.1, 0.15) is 30.9 Å². The Morgan fingerprint density at radius 2 is 1.88 bits per heavy atom. The second-order valence-electron chi connectivity index (χ2n) is 8.15. The van der Waals surface area contributed by atoms with Gasteiger partial charge in [-0.3, -0.25) is 4.79 Å². The number of amides is 1. The van der Waals surface area contributed by atoms with Gasteiger partial charge in [0.2, 0.25) is 5.91 Å². The monoisotopic (exact) mass is 459 g/mol. The number of carbonyl (C=O) groups excluding carboxylic acids is 1. The van der Waals surface area contributed by atoms with E-state index in [0.717, 1.165) is 11.1 Å². The number of nitrogens with one attached hydrogen (secondary N) is 2. The Morgan fingerprint density at radius 3 is 2.50 bits per heavy atom. The molecule has 1 fully saturated rings. The van der Waals surface area contributed by atoms with Gasteiger partial charge in [-0.2, -0.15) is 0 Å². The topological polar surface area (TPSA) is 62.8 Å². The predicted octanol–water partition coefficient (Wildman–Crippen LogP) is 3.46. The minimum absolute atomic E-state index is 0.0842. The van der Waals surface area contributed by atoms with Crippen molar-refractivity contribution in [3.05, 3.63) is 59.4 Å². The van der Waals surface area contributed by atoms with E-state index in [-0.39, 0.29) is 29.6 Å². The van der Waals surface area contributed by atoms with Crippen molar-refractivity contribution in [3.8, 4) is 11.5 Å². The number of halogens is 1. The zero-order valence-electron chi connectivity index (χ0n) is 18.9. The highest BCUT2D eigenvalue weighted by Gasteiger charge is 2.41. The van der Waals surface area contributed by atoms with Crippen LogP contribution in [0.3, 0.4) is 0 Å². The lowest BCUT2D eigenvalue weighted by atomic mass is 9.87. The van der Waals surface area contributed by atoms with Gasteiger partial charge in [0.15, 0.2) is 16.6 Å². The van der Waals surface area contributed by atoms with Gasteiger partial charge in [0.1, 0.15) is 5.82 Å². The number of methoxy groups -OCH3 is 2. The molecule has 1 heterocycles. The smallest absolute Gasteiger partial charge is 0.225 e. The lowest BCUT2D eigenvalue weighted by Crippen LogP contribution is -2.42. The first-order valence-corrected chi connectivity index (χ1v) is 11.0. The van der Waals surface area contributed by atoms with Crippen LogP contribution in [0.15, 0.2) is 42.5 Å². The second-order valence-corrected chi connectivity index (χ2v) is 8.54. The minimum Gasteiger partial charge on any atom is -0.493 e. The van der Waals surface area contributed by atoms with E-state index in [9.17, 15) is 9.18 Å². The summed E-state index contributed by atoms with van der Waals surface area (Å²) in [5.41, 5.74) is 1.74. The minimum atomic E-state index is -0.344. The summed E-state index contributed by atoms with van der Waals surface area (Å²) in [7, 11) is 3.19. The third kappa shape index (κ3) is 5.48. The molecular formula is C24H30FN3O3S. The van der Waals surface area contributed by atoms with E-state index in [1.165, 1.54) is 12.1 Å². The summed E-state index contributed by atoms with van der Waals surface area (Å²) in [6.07, 6.45) is 0. The van der Waals surface area contributed by atoms with Gasteiger partial charge in [-0.1, -0.05) is 24.3 Å². The van der Waals surface area contributed by atoms with Gasteiger partial charge >= 0.3 is 0 Å². The number of hydrogen-bond acceptors (Lipinski definition) is 4. The van der Waals surface area contributed by atoms with Gasteiger partial charge < -0.3 is 25.0 Å². The van der Waals surface area contributed by atoms with Crippen molar-refractivity contribution in [2.75, 3.05) is 27.3 Å². The maximum absolute atomic E-state index is 13.3. The van der Waals surface area contributed by atoms with E-state index in [4.69, 9.17) is 21.7 Å². The van der Waals surface area contributed by atoms with Crippen molar-refractivity contribution < 1.29 is 18.7 Å². The summed E-state index contributed by atoms with van der Waals surface area (Å²) in [5.74, 6) is 0.378. The number of benzene rings is 2. The fraction of sp³-hybridized carbons (Fsp3) is 0.417. The number of ether oxygens (including phenoxy) is 2. The Labute approximate surface area is 194 Å². The van der Waals surface area contributed by atoms with Crippen LogP contribution in [-0.2, 0) is 11.3 Å². The molecule has 1 saturated heterocycles. The average molecular weight is 460 g/mol. The Kier molecular flexibility index (Phi) is 7.90. The van der Waals surface area contributed by atoms with Gasteiger partial charge in [0, 0.05) is 37.2 Å². The van der Waals surface area contributed by atoms with Gasteiger partial charge in [-0.15, -0.1) is 0 Å². The van der Waals surface area contributed by atoms with Crippen LogP contribution < -0.4 is 20.1 Å². The molecule has 0 aliphatic carbocycles. The summed E-state index contributed by atoms with van der Waals surface area (Å²) in [6.45, 7) is 5.44. The molecule has 0 aromatic heterocycles. The Bertz CT molecular complexity index is 952. The van der Waals surface area contributed by atoms with Gasteiger partial charge in [-0.25, -0.2) is 4.39 Å². The third-order valence-corrected chi connectivity index (χ3v) is 5.94. The normalized spacial score (nSPS) is 17.9. The van der Waals surface area contributed by atoms with E-state index in [1.54, 1.807) is 26.4 Å². The van der Waals surface area contributed by atoms with E-state index < -0.39 is 0 Å². The van der Waals surface area contributed by atoms with E-state index in [0.29, 0.717) is 36.2 Å². The lowest BCUT2D eigenvalue weighted by molar-refractivity contribution is -0.125. The van der Waals surface area contributed by atoms with Crippen LogP contribution in [0.25, 0.3) is 0 Å². The fourth-order valence-corrected chi connectivity index (χ4v) is 4.40. The lowest BCUT2D eigenvalue weighted by Gasteiger charge is -2.23. The molecule has 172 valence electrons. The zero-order chi connectivity index (χ0) is 23.3. The number of thiocarbonyl (C=S) groups is 1. The van der Waals surface area contributed by atoms with Crippen LogP contribution in [0.4, 0.5) is 4.39 Å².